The highest BCUT2D eigenvalue weighted by molar-refractivity contribution is 5.73. The van der Waals surface area contributed by atoms with E-state index in [1.165, 1.54) is 37.4 Å². The summed E-state index contributed by atoms with van der Waals surface area (Å²) in [4.78, 5) is 36.3. The van der Waals surface area contributed by atoms with Crippen LogP contribution in [0.3, 0.4) is 0 Å². The molecule has 0 aromatic carbocycles. The minimum Gasteiger partial charge on any atom is -0.475 e. The minimum atomic E-state index is -5.08. The number of aromatic nitrogens is 1. The molecule has 0 spiro atoms. The zero-order chi connectivity index (χ0) is 32.3. The summed E-state index contributed by atoms with van der Waals surface area (Å²) in [5, 5.41) is 21.4. The Morgan fingerprint density at radius 1 is 0.738 bits per heavy atom. The third kappa shape index (κ3) is 13.7. The first-order chi connectivity index (χ1) is 19.2. The van der Waals surface area contributed by atoms with E-state index in [4.69, 9.17) is 34.1 Å². The number of halogens is 9. The molecule has 0 bridgehead atoms. The average Bonchev–Trinajstić information content (AvgIpc) is 3.57. The molecule has 236 valence electrons. The molecular formula is C23H24F9N3O7. The average molecular weight is 625 g/mol. The number of hydrogen-bond acceptors (Lipinski definition) is 7. The zero-order valence-corrected chi connectivity index (χ0v) is 21.2. The van der Waals surface area contributed by atoms with Gasteiger partial charge >= 0.3 is 36.4 Å². The van der Waals surface area contributed by atoms with Crippen LogP contribution in [0.25, 0.3) is 0 Å². The highest BCUT2D eigenvalue weighted by Gasteiger charge is 2.40. The lowest BCUT2D eigenvalue weighted by Crippen LogP contribution is -2.28. The van der Waals surface area contributed by atoms with Gasteiger partial charge in [-0.05, 0) is 30.0 Å². The molecule has 4 rings (SSSR count). The van der Waals surface area contributed by atoms with Crippen molar-refractivity contribution in [1.82, 2.24) is 14.8 Å². The third-order valence-corrected chi connectivity index (χ3v) is 5.46. The second-order valence-electron chi connectivity index (χ2n) is 8.77. The lowest BCUT2D eigenvalue weighted by Gasteiger charge is -2.20. The Balaban J connectivity index is 0.000000348. The summed E-state index contributed by atoms with van der Waals surface area (Å²) in [6, 6.07) is 8.25. The van der Waals surface area contributed by atoms with Crippen LogP contribution in [0.4, 0.5) is 39.5 Å². The van der Waals surface area contributed by atoms with Gasteiger partial charge in [0.05, 0.1) is 18.2 Å². The lowest BCUT2D eigenvalue weighted by molar-refractivity contribution is -0.193. The number of nitrogens with zero attached hydrogens (tertiary/aromatic N) is 3. The van der Waals surface area contributed by atoms with Crippen LogP contribution < -0.4 is 0 Å². The van der Waals surface area contributed by atoms with Crippen LogP contribution in [0.1, 0.15) is 11.3 Å². The largest absolute Gasteiger partial charge is 0.490 e. The molecule has 2 aromatic heterocycles. The maximum Gasteiger partial charge on any atom is 0.490 e. The molecule has 42 heavy (non-hydrogen) atoms. The smallest absolute Gasteiger partial charge is 0.475 e. The summed E-state index contributed by atoms with van der Waals surface area (Å²) in [7, 11) is 0. The van der Waals surface area contributed by atoms with Crippen molar-refractivity contribution in [2.45, 2.75) is 31.6 Å². The molecule has 0 amide bonds. The molecular weight excluding hydrogens is 601 g/mol. The molecule has 3 N–H and O–H groups in total. The second kappa shape index (κ2) is 15.4. The van der Waals surface area contributed by atoms with Crippen LogP contribution in [0, 0.1) is 11.8 Å². The van der Waals surface area contributed by atoms with E-state index in [2.05, 4.69) is 33.0 Å². The highest BCUT2D eigenvalue weighted by atomic mass is 19.4. The van der Waals surface area contributed by atoms with Gasteiger partial charge in [-0.2, -0.15) is 39.5 Å². The fraction of sp³-hybridized carbons (Fsp3) is 0.478. The van der Waals surface area contributed by atoms with Gasteiger partial charge in [0.2, 0.25) is 0 Å². The van der Waals surface area contributed by atoms with Crippen LogP contribution in [0.15, 0.2) is 47.4 Å². The number of rotatable bonds is 4. The summed E-state index contributed by atoms with van der Waals surface area (Å²) in [6.45, 7) is 6.88. The molecule has 2 aliphatic rings. The summed E-state index contributed by atoms with van der Waals surface area (Å²) in [6.07, 6.45) is -9.73. The molecule has 4 heterocycles. The van der Waals surface area contributed by atoms with Crippen LogP contribution in [0.5, 0.6) is 0 Å². The highest BCUT2D eigenvalue weighted by Crippen LogP contribution is 2.32. The number of carbonyl (C=O) groups is 3. The minimum absolute atomic E-state index is 0.820. The summed E-state index contributed by atoms with van der Waals surface area (Å²) < 4.78 is 100. The number of alkyl halides is 9. The summed E-state index contributed by atoms with van der Waals surface area (Å²) in [5.41, 5.74) is 2.48. The van der Waals surface area contributed by atoms with Crippen LogP contribution in [-0.2, 0) is 27.5 Å². The summed E-state index contributed by atoms with van der Waals surface area (Å²) >= 11 is 0. The van der Waals surface area contributed by atoms with Gasteiger partial charge in [0, 0.05) is 51.0 Å². The predicted octanol–water partition coefficient (Wildman–Crippen LogP) is 4.14. The van der Waals surface area contributed by atoms with Gasteiger partial charge in [-0.1, -0.05) is 6.07 Å². The molecule has 0 saturated carbocycles. The van der Waals surface area contributed by atoms with E-state index in [9.17, 15) is 39.5 Å². The fourth-order valence-corrected chi connectivity index (χ4v) is 3.81. The standard InChI is InChI=1S/C17H21N3O.3C2HF3O2/c1-2-5-18-17(3-1)12-20-10-15-8-19(9-16(15)11-20)7-14-4-6-21-13-14;3*3-2(4,5)1(6)7/h1-6,13,15-16H,7-12H2;3*(H,6,7). The number of hydrogen-bond donors (Lipinski definition) is 3. The topological polar surface area (TPSA) is 144 Å². The van der Waals surface area contributed by atoms with Gasteiger partial charge in [-0.25, -0.2) is 14.4 Å². The van der Waals surface area contributed by atoms with E-state index in [1.807, 2.05) is 18.5 Å². The Hall–Kier alpha value is -3.87. The Bertz CT molecular complexity index is 1050. The number of carboxylic acid groups (broad SMARTS) is 3. The number of pyridine rings is 1. The molecule has 2 saturated heterocycles. The van der Waals surface area contributed by atoms with Crippen molar-refractivity contribution in [3.05, 3.63) is 54.2 Å². The maximum absolute atomic E-state index is 10.6. The number of furan rings is 1. The Morgan fingerprint density at radius 2 is 1.14 bits per heavy atom. The maximum atomic E-state index is 10.6. The van der Waals surface area contributed by atoms with Crippen molar-refractivity contribution >= 4 is 17.9 Å². The Labute approximate surface area is 230 Å². The van der Waals surface area contributed by atoms with E-state index < -0.39 is 36.4 Å². The first-order valence-corrected chi connectivity index (χ1v) is 11.5. The van der Waals surface area contributed by atoms with Crippen molar-refractivity contribution in [3.8, 4) is 0 Å². The monoisotopic (exact) mass is 625 g/mol. The number of aliphatic carboxylic acids is 3. The third-order valence-electron chi connectivity index (χ3n) is 5.46. The van der Waals surface area contributed by atoms with E-state index in [-0.39, 0.29) is 0 Å². The van der Waals surface area contributed by atoms with E-state index in [0.717, 1.165) is 24.9 Å². The molecule has 10 nitrogen and oxygen atoms in total. The molecule has 0 aliphatic carbocycles. The SMILES string of the molecule is O=C(O)C(F)(F)F.O=C(O)C(F)(F)F.O=C(O)C(F)(F)F.c1ccc(CN2CC3CN(Cc4ccoc4)CC3C2)nc1. The van der Waals surface area contributed by atoms with Crippen molar-refractivity contribution in [1.29, 1.82) is 0 Å². The predicted molar refractivity (Wildman–Crippen MR) is 122 cm³/mol. The van der Waals surface area contributed by atoms with Crippen molar-refractivity contribution < 1.29 is 73.6 Å². The van der Waals surface area contributed by atoms with Gasteiger partial charge in [-0.15, -0.1) is 0 Å². The van der Waals surface area contributed by atoms with Crippen LogP contribution >= 0.6 is 0 Å². The van der Waals surface area contributed by atoms with E-state index in [1.54, 1.807) is 6.26 Å². The van der Waals surface area contributed by atoms with Crippen molar-refractivity contribution in [3.63, 3.8) is 0 Å². The molecule has 2 fully saturated rings. The normalized spacial score (nSPS) is 18.8. The van der Waals surface area contributed by atoms with Crippen molar-refractivity contribution in [2.24, 2.45) is 11.8 Å². The van der Waals surface area contributed by atoms with Crippen LogP contribution in [0.2, 0.25) is 0 Å². The molecule has 2 atom stereocenters. The Kier molecular flexibility index (Phi) is 13.2. The van der Waals surface area contributed by atoms with Gasteiger partial charge in [0.1, 0.15) is 0 Å². The first kappa shape index (κ1) is 36.2. The second-order valence-corrected chi connectivity index (χ2v) is 8.77. The van der Waals surface area contributed by atoms with Gasteiger partial charge < -0.3 is 19.7 Å². The molecule has 2 aromatic rings. The first-order valence-electron chi connectivity index (χ1n) is 11.5. The molecule has 2 aliphatic heterocycles. The number of fused-ring (bicyclic) bond motifs is 1. The van der Waals surface area contributed by atoms with Gasteiger partial charge in [0.15, 0.2) is 0 Å². The van der Waals surface area contributed by atoms with Gasteiger partial charge in [-0.3, -0.25) is 14.8 Å². The fourth-order valence-electron chi connectivity index (χ4n) is 3.81. The number of likely N-dealkylation sites (tertiary alicyclic amines) is 2. The van der Waals surface area contributed by atoms with E-state index >= 15 is 0 Å². The zero-order valence-electron chi connectivity index (χ0n) is 21.2. The lowest BCUT2D eigenvalue weighted by atomic mass is 10.0. The molecule has 0 radical (unpaired) electrons. The van der Waals surface area contributed by atoms with E-state index in [0.29, 0.717) is 0 Å². The summed E-state index contributed by atoms with van der Waals surface area (Å²) in [5.74, 6) is -6.63. The van der Waals surface area contributed by atoms with Crippen LogP contribution in [-0.4, -0.2) is 92.7 Å². The van der Waals surface area contributed by atoms with Crippen molar-refractivity contribution in [2.75, 3.05) is 26.2 Å². The molecule has 2 unspecified atom stereocenters. The Morgan fingerprint density at radius 3 is 1.45 bits per heavy atom. The quantitative estimate of drug-likeness (QED) is 0.424. The van der Waals surface area contributed by atoms with Gasteiger partial charge in [0.25, 0.3) is 0 Å². The number of carboxylic acids is 3. The molecule has 19 heteroatoms.